The second kappa shape index (κ2) is 7.76. The summed E-state index contributed by atoms with van der Waals surface area (Å²) in [4.78, 5) is 40.4. The summed E-state index contributed by atoms with van der Waals surface area (Å²) in [7, 11) is 0. The summed E-state index contributed by atoms with van der Waals surface area (Å²) in [6.45, 7) is 3.16. The lowest BCUT2D eigenvalue weighted by atomic mass is 9.72. The molecule has 33 heavy (non-hydrogen) atoms. The van der Waals surface area contributed by atoms with Crippen molar-refractivity contribution in [3.8, 4) is 0 Å². The number of furan rings is 1. The minimum Gasteiger partial charge on any atom is -0.467 e. The second-order valence-corrected chi connectivity index (χ2v) is 9.32. The largest absolute Gasteiger partial charge is 0.467 e. The Morgan fingerprint density at radius 2 is 1.85 bits per heavy atom. The highest BCUT2D eigenvalue weighted by Crippen LogP contribution is 2.52. The normalized spacial score (nSPS) is 22.5. The first-order chi connectivity index (χ1) is 15.4. The summed E-state index contributed by atoms with van der Waals surface area (Å²) in [5, 5.41) is 1.77. The fourth-order valence-electron chi connectivity index (χ4n) is 4.43. The van der Waals surface area contributed by atoms with Crippen LogP contribution in [-0.4, -0.2) is 34.2 Å². The topological polar surface area (TPSA) is 79.6 Å². The predicted molar refractivity (Wildman–Crippen MR) is 112 cm³/mol. The highest BCUT2D eigenvalue weighted by Gasteiger charge is 2.71. The van der Waals surface area contributed by atoms with E-state index in [9.17, 15) is 27.6 Å². The number of nitrogens with zero attached hydrogens (tertiary/aromatic N) is 1. The summed E-state index contributed by atoms with van der Waals surface area (Å²) in [6, 6.07) is 8.58. The summed E-state index contributed by atoms with van der Waals surface area (Å²) in [5.41, 5.74) is -5.25. The lowest BCUT2D eigenvalue weighted by molar-refractivity contribution is -0.191. The lowest BCUT2D eigenvalue weighted by Crippen LogP contribution is -2.66. The van der Waals surface area contributed by atoms with Gasteiger partial charge in [0, 0.05) is 12.1 Å². The summed E-state index contributed by atoms with van der Waals surface area (Å²) in [5.74, 6) is -3.27. The third kappa shape index (κ3) is 3.74. The number of allylic oxidation sites excluding steroid dienone is 1. The molecule has 2 aliphatic rings. The molecule has 1 aliphatic heterocycles. The van der Waals surface area contributed by atoms with Crippen LogP contribution in [0.4, 0.5) is 13.2 Å². The summed E-state index contributed by atoms with van der Waals surface area (Å²) >= 11 is 6.00. The van der Waals surface area contributed by atoms with Crippen LogP contribution >= 0.6 is 11.6 Å². The molecule has 10 heteroatoms. The minimum atomic E-state index is -5.29. The van der Waals surface area contributed by atoms with Gasteiger partial charge in [0.2, 0.25) is 5.54 Å². The van der Waals surface area contributed by atoms with E-state index in [4.69, 9.17) is 16.0 Å². The number of hydrogen-bond acceptors (Lipinski definition) is 4. The van der Waals surface area contributed by atoms with E-state index in [-0.39, 0.29) is 41.4 Å². The number of halogens is 4. The van der Waals surface area contributed by atoms with Gasteiger partial charge in [-0.15, -0.1) is 0 Å². The number of carbonyl (C=O) groups excluding carboxylic acids is 3. The van der Waals surface area contributed by atoms with Crippen molar-refractivity contribution >= 4 is 29.2 Å². The smallest absolute Gasteiger partial charge is 0.425 e. The van der Waals surface area contributed by atoms with Crippen LogP contribution in [0.2, 0.25) is 5.02 Å². The molecule has 0 unspecified atom stereocenters. The van der Waals surface area contributed by atoms with Gasteiger partial charge in [-0.25, -0.2) is 0 Å². The van der Waals surface area contributed by atoms with Crippen molar-refractivity contribution in [2.45, 2.75) is 44.9 Å². The van der Waals surface area contributed by atoms with Crippen molar-refractivity contribution in [3.05, 3.63) is 70.3 Å². The Kier molecular flexibility index (Phi) is 5.43. The third-order valence-corrected chi connectivity index (χ3v) is 6.19. The zero-order valence-electron chi connectivity index (χ0n) is 17.8. The molecule has 1 aromatic heterocycles. The molecule has 0 bridgehead atoms. The van der Waals surface area contributed by atoms with E-state index in [1.807, 2.05) is 5.32 Å². The fourth-order valence-corrected chi connectivity index (χ4v) is 4.66. The molecule has 1 aromatic carbocycles. The van der Waals surface area contributed by atoms with Gasteiger partial charge in [0.1, 0.15) is 5.76 Å². The predicted octanol–water partition coefficient (Wildman–Crippen LogP) is 4.65. The van der Waals surface area contributed by atoms with Gasteiger partial charge in [-0.2, -0.15) is 13.2 Å². The molecule has 0 saturated carbocycles. The maximum atomic E-state index is 14.7. The Bertz CT molecular complexity index is 1170. The van der Waals surface area contributed by atoms with Crippen LogP contribution in [0, 0.1) is 5.41 Å². The van der Waals surface area contributed by atoms with Crippen molar-refractivity contribution < 1.29 is 32.0 Å². The highest BCUT2D eigenvalue weighted by molar-refractivity contribution is 6.34. The first-order valence-electron chi connectivity index (χ1n) is 10.1. The molecule has 0 saturated heterocycles. The Hall–Kier alpha value is -3.07. The van der Waals surface area contributed by atoms with Gasteiger partial charge in [0.25, 0.3) is 11.8 Å². The first-order valence-corrected chi connectivity index (χ1v) is 10.5. The Balaban J connectivity index is 1.89. The van der Waals surface area contributed by atoms with Crippen LogP contribution in [-0.2, 0) is 16.1 Å². The summed E-state index contributed by atoms with van der Waals surface area (Å²) < 4.78 is 49.4. The molecule has 1 aliphatic carbocycles. The van der Waals surface area contributed by atoms with E-state index >= 15 is 0 Å². The number of ketones is 1. The number of alkyl halides is 3. The molecule has 6 nitrogen and oxygen atoms in total. The van der Waals surface area contributed by atoms with E-state index in [2.05, 4.69) is 0 Å². The number of carbonyl (C=O) groups is 3. The number of Topliss-reactive ketones (excluding diaryl/α,β-unsaturated/α-hetero) is 1. The van der Waals surface area contributed by atoms with Crippen LogP contribution in [0.3, 0.4) is 0 Å². The number of rotatable bonds is 4. The molecule has 1 atom stereocenters. The number of hydrogen-bond donors (Lipinski definition) is 1. The standard InChI is InChI=1S/C23H20ClF3N2O4/c1-21(2)10-16-18(17(30)11-21)22(23(25,26)27,20(32)29(16)12-13-6-5-9-33-13)28-19(31)14-7-3-4-8-15(14)24/h3-9H,10-12H2,1-2H3,(H,28,31)/t22-/m0/s1. The fraction of sp³-hybridized carbons (Fsp3) is 0.348. The van der Waals surface area contributed by atoms with Crippen LogP contribution in [0.5, 0.6) is 0 Å². The molecule has 1 N–H and O–H groups in total. The van der Waals surface area contributed by atoms with Gasteiger partial charge in [-0.1, -0.05) is 37.6 Å². The third-order valence-electron chi connectivity index (χ3n) is 5.86. The van der Waals surface area contributed by atoms with Gasteiger partial charge in [-0.3, -0.25) is 14.4 Å². The molecule has 2 amide bonds. The van der Waals surface area contributed by atoms with E-state index in [1.54, 1.807) is 13.8 Å². The van der Waals surface area contributed by atoms with E-state index in [0.717, 1.165) is 4.90 Å². The quantitative estimate of drug-likeness (QED) is 0.691. The van der Waals surface area contributed by atoms with Crippen molar-refractivity contribution in [2.24, 2.45) is 5.41 Å². The molecule has 2 heterocycles. The molecule has 0 radical (unpaired) electrons. The zero-order valence-corrected chi connectivity index (χ0v) is 18.5. The summed E-state index contributed by atoms with van der Waals surface area (Å²) in [6.07, 6.45) is -4.12. The SMILES string of the molecule is CC1(C)CC(=O)C2=C(C1)N(Cc1ccco1)C(=O)[C@]2(NC(=O)c1ccccc1Cl)C(F)(F)F. The van der Waals surface area contributed by atoms with Crippen molar-refractivity contribution in [1.82, 2.24) is 10.2 Å². The van der Waals surface area contributed by atoms with Crippen molar-refractivity contribution in [3.63, 3.8) is 0 Å². The van der Waals surface area contributed by atoms with Gasteiger partial charge >= 0.3 is 6.18 Å². The van der Waals surface area contributed by atoms with E-state index in [1.165, 1.54) is 42.7 Å². The van der Waals surface area contributed by atoms with Crippen LogP contribution in [0.1, 0.15) is 42.8 Å². The molecule has 2 aromatic rings. The molecule has 174 valence electrons. The highest BCUT2D eigenvalue weighted by atomic mass is 35.5. The number of amides is 2. The second-order valence-electron chi connectivity index (χ2n) is 8.92. The molecule has 0 fully saturated rings. The van der Waals surface area contributed by atoms with Crippen LogP contribution in [0.25, 0.3) is 0 Å². The van der Waals surface area contributed by atoms with Crippen molar-refractivity contribution in [2.75, 3.05) is 0 Å². The van der Waals surface area contributed by atoms with Gasteiger partial charge in [-0.05, 0) is 36.1 Å². The molecule has 0 spiro atoms. The number of benzene rings is 1. The average molecular weight is 481 g/mol. The number of nitrogens with one attached hydrogen (secondary N) is 1. The van der Waals surface area contributed by atoms with Gasteiger partial charge < -0.3 is 14.6 Å². The van der Waals surface area contributed by atoms with E-state index in [0.29, 0.717) is 0 Å². The minimum absolute atomic E-state index is 0.0420. The maximum Gasteiger partial charge on any atom is 0.425 e. The van der Waals surface area contributed by atoms with Gasteiger partial charge in [0.05, 0.1) is 29.0 Å². The Morgan fingerprint density at radius 1 is 1.15 bits per heavy atom. The maximum absolute atomic E-state index is 14.7. The molecular formula is C23H20ClF3N2O4. The Morgan fingerprint density at radius 3 is 2.45 bits per heavy atom. The van der Waals surface area contributed by atoms with E-state index < -0.39 is 40.3 Å². The lowest BCUT2D eigenvalue weighted by Gasteiger charge is -2.35. The monoisotopic (exact) mass is 480 g/mol. The van der Waals surface area contributed by atoms with Gasteiger partial charge in [0.15, 0.2) is 5.78 Å². The molecule has 4 rings (SSSR count). The van der Waals surface area contributed by atoms with Crippen LogP contribution < -0.4 is 5.32 Å². The van der Waals surface area contributed by atoms with Crippen LogP contribution in [0.15, 0.2) is 58.3 Å². The first kappa shape index (κ1) is 23.1. The van der Waals surface area contributed by atoms with Crippen molar-refractivity contribution in [1.29, 1.82) is 0 Å². The zero-order chi connectivity index (χ0) is 24.2. The molecular weight excluding hydrogens is 461 g/mol. The Labute approximate surface area is 192 Å². The average Bonchev–Trinajstić information content (AvgIpc) is 3.28.